The third-order valence-corrected chi connectivity index (χ3v) is 3.91. The number of rotatable bonds is 7. The lowest BCUT2D eigenvalue weighted by molar-refractivity contribution is -0.0778. The number of carbonyl (C=O) groups is 1. The number of carbonyl (C=O) groups excluding carboxylic acids is 1. The molecule has 1 aromatic heterocycles. The van der Waals surface area contributed by atoms with Gasteiger partial charge in [0.2, 0.25) is 0 Å². The van der Waals surface area contributed by atoms with Crippen LogP contribution in [0.1, 0.15) is 20.8 Å². The maximum atomic E-state index is 11.8. The lowest BCUT2D eigenvalue weighted by Gasteiger charge is -2.38. The van der Waals surface area contributed by atoms with Gasteiger partial charge in [-0.15, -0.1) is 0 Å². The Morgan fingerprint density at radius 3 is 2.71 bits per heavy atom. The fourth-order valence-corrected chi connectivity index (χ4v) is 2.77. The third-order valence-electron chi connectivity index (χ3n) is 3.91. The first-order chi connectivity index (χ1) is 11.5. The van der Waals surface area contributed by atoms with Crippen molar-refractivity contribution in [2.24, 2.45) is 0 Å². The molecule has 1 aromatic rings. The SMILES string of the molecule is C[C@@H]1CN([C@H](C)CNC(=O)NCCNc2cnccn2)C[C@H](C)O1. The highest BCUT2D eigenvalue weighted by molar-refractivity contribution is 5.73. The topological polar surface area (TPSA) is 91.4 Å². The molecule has 24 heavy (non-hydrogen) atoms. The first-order valence-electron chi connectivity index (χ1n) is 8.45. The van der Waals surface area contributed by atoms with Gasteiger partial charge in [-0.3, -0.25) is 9.88 Å². The number of nitrogens with zero attached hydrogens (tertiary/aromatic N) is 3. The molecule has 2 amide bonds. The Balaban J connectivity index is 1.58. The fourth-order valence-electron chi connectivity index (χ4n) is 2.77. The van der Waals surface area contributed by atoms with Gasteiger partial charge in [0.05, 0.1) is 18.4 Å². The standard InChI is InChI=1S/C16H28N6O2/c1-12(22-10-13(2)24-14(3)11-22)8-21-16(23)20-7-6-19-15-9-17-4-5-18-15/h4-5,9,12-14H,6-8,10-11H2,1-3H3,(H,18,19)(H2,20,21,23)/t12-,13-,14+/m1/s1. The largest absolute Gasteiger partial charge is 0.373 e. The van der Waals surface area contributed by atoms with Gasteiger partial charge in [0, 0.05) is 51.2 Å². The minimum atomic E-state index is -0.155. The molecule has 0 saturated carbocycles. The van der Waals surface area contributed by atoms with Crippen molar-refractivity contribution in [3.05, 3.63) is 18.6 Å². The Bertz CT molecular complexity index is 491. The Hall–Kier alpha value is -1.93. The van der Waals surface area contributed by atoms with Crippen molar-refractivity contribution in [1.82, 2.24) is 25.5 Å². The van der Waals surface area contributed by atoms with Crippen LogP contribution >= 0.6 is 0 Å². The van der Waals surface area contributed by atoms with Gasteiger partial charge >= 0.3 is 6.03 Å². The van der Waals surface area contributed by atoms with Crippen LogP contribution in [-0.4, -0.2) is 71.9 Å². The van der Waals surface area contributed by atoms with Crippen LogP contribution in [0.25, 0.3) is 0 Å². The van der Waals surface area contributed by atoms with Gasteiger partial charge < -0.3 is 20.7 Å². The number of aromatic nitrogens is 2. The highest BCUT2D eigenvalue weighted by atomic mass is 16.5. The highest BCUT2D eigenvalue weighted by Crippen LogP contribution is 2.13. The Kier molecular flexibility index (Phi) is 7.20. The number of ether oxygens (including phenoxy) is 1. The molecule has 0 aliphatic carbocycles. The van der Waals surface area contributed by atoms with Crippen molar-refractivity contribution >= 4 is 11.8 Å². The Morgan fingerprint density at radius 1 is 1.29 bits per heavy atom. The number of morpholine rings is 1. The molecular weight excluding hydrogens is 308 g/mol. The van der Waals surface area contributed by atoms with Gasteiger partial charge in [0.25, 0.3) is 0 Å². The van der Waals surface area contributed by atoms with Gasteiger partial charge in [-0.25, -0.2) is 9.78 Å². The molecule has 2 heterocycles. The zero-order chi connectivity index (χ0) is 17.4. The first-order valence-corrected chi connectivity index (χ1v) is 8.45. The Labute approximate surface area is 143 Å². The fraction of sp³-hybridized carbons (Fsp3) is 0.688. The van der Waals surface area contributed by atoms with Crippen molar-refractivity contribution in [2.75, 3.05) is 38.0 Å². The summed E-state index contributed by atoms with van der Waals surface area (Å²) in [4.78, 5) is 22.3. The van der Waals surface area contributed by atoms with Crippen LogP contribution in [0.3, 0.4) is 0 Å². The predicted octanol–water partition coefficient (Wildman–Crippen LogP) is 0.685. The average molecular weight is 336 g/mol. The predicted molar refractivity (Wildman–Crippen MR) is 93.0 cm³/mol. The van der Waals surface area contributed by atoms with Crippen LogP contribution in [-0.2, 0) is 4.74 Å². The molecule has 0 aromatic carbocycles. The van der Waals surface area contributed by atoms with E-state index in [-0.39, 0.29) is 24.3 Å². The summed E-state index contributed by atoms with van der Waals surface area (Å²) in [6.07, 6.45) is 5.35. The van der Waals surface area contributed by atoms with Gasteiger partial charge in [0.15, 0.2) is 0 Å². The molecule has 0 bridgehead atoms. The van der Waals surface area contributed by atoms with Crippen LogP contribution in [0.15, 0.2) is 18.6 Å². The quantitative estimate of drug-likeness (QED) is 0.635. The minimum absolute atomic E-state index is 0.155. The van der Waals surface area contributed by atoms with E-state index in [0.717, 1.165) is 13.1 Å². The van der Waals surface area contributed by atoms with E-state index in [1.165, 1.54) is 0 Å². The van der Waals surface area contributed by atoms with Crippen molar-refractivity contribution in [1.29, 1.82) is 0 Å². The second kappa shape index (κ2) is 9.39. The normalized spacial score (nSPS) is 22.6. The van der Waals surface area contributed by atoms with Gasteiger partial charge in [0.1, 0.15) is 5.82 Å². The van der Waals surface area contributed by atoms with Gasteiger partial charge in [-0.1, -0.05) is 0 Å². The zero-order valence-electron chi connectivity index (χ0n) is 14.7. The van der Waals surface area contributed by atoms with E-state index in [9.17, 15) is 4.79 Å². The van der Waals surface area contributed by atoms with E-state index < -0.39 is 0 Å². The van der Waals surface area contributed by atoms with Gasteiger partial charge in [-0.05, 0) is 20.8 Å². The number of urea groups is 1. The van der Waals surface area contributed by atoms with Crippen LogP contribution in [0, 0.1) is 0 Å². The van der Waals surface area contributed by atoms with E-state index in [4.69, 9.17) is 4.74 Å². The van der Waals surface area contributed by atoms with Crippen LogP contribution < -0.4 is 16.0 Å². The number of anilines is 1. The molecule has 0 radical (unpaired) electrons. The molecule has 8 nitrogen and oxygen atoms in total. The van der Waals surface area contributed by atoms with Crippen LogP contribution in [0.5, 0.6) is 0 Å². The molecule has 134 valence electrons. The molecule has 8 heteroatoms. The molecular formula is C16H28N6O2. The van der Waals surface area contributed by atoms with Crippen molar-refractivity contribution < 1.29 is 9.53 Å². The second-order valence-electron chi connectivity index (χ2n) is 6.21. The molecule has 1 fully saturated rings. The average Bonchev–Trinajstić information content (AvgIpc) is 2.56. The number of hydrogen-bond acceptors (Lipinski definition) is 6. The summed E-state index contributed by atoms with van der Waals surface area (Å²) in [7, 11) is 0. The number of amides is 2. The van der Waals surface area contributed by atoms with E-state index in [1.54, 1.807) is 18.6 Å². The lowest BCUT2D eigenvalue weighted by atomic mass is 10.2. The summed E-state index contributed by atoms with van der Waals surface area (Å²) >= 11 is 0. The molecule has 3 N–H and O–H groups in total. The molecule has 2 rings (SSSR count). The van der Waals surface area contributed by atoms with Gasteiger partial charge in [-0.2, -0.15) is 0 Å². The lowest BCUT2D eigenvalue weighted by Crippen LogP contribution is -2.53. The summed E-state index contributed by atoms with van der Waals surface area (Å²) in [5.74, 6) is 0.698. The number of hydrogen-bond donors (Lipinski definition) is 3. The van der Waals surface area contributed by atoms with E-state index in [2.05, 4.69) is 51.6 Å². The molecule has 1 saturated heterocycles. The smallest absolute Gasteiger partial charge is 0.314 e. The van der Waals surface area contributed by atoms with Crippen molar-refractivity contribution in [3.63, 3.8) is 0 Å². The van der Waals surface area contributed by atoms with Crippen molar-refractivity contribution in [2.45, 2.75) is 39.0 Å². The van der Waals surface area contributed by atoms with E-state index >= 15 is 0 Å². The van der Waals surface area contributed by atoms with E-state index in [1.807, 2.05) is 0 Å². The molecule has 3 atom stereocenters. The van der Waals surface area contributed by atoms with Crippen LogP contribution in [0.4, 0.5) is 10.6 Å². The third kappa shape index (κ3) is 6.29. The summed E-state index contributed by atoms with van der Waals surface area (Å²) < 4.78 is 5.74. The molecule has 1 aliphatic heterocycles. The number of nitrogens with one attached hydrogen (secondary N) is 3. The maximum absolute atomic E-state index is 11.8. The van der Waals surface area contributed by atoms with Crippen LogP contribution in [0.2, 0.25) is 0 Å². The molecule has 0 spiro atoms. The summed E-state index contributed by atoms with van der Waals surface area (Å²) in [5.41, 5.74) is 0. The Morgan fingerprint density at radius 2 is 2.04 bits per heavy atom. The van der Waals surface area contributed by atoms with Crippen molar-refractivity contribution in [3.8, 4) is 0 Å². The summed E-state index contributed by atoms with van der Waals surface area (Å²) in [6.45, 7) is 9.82. The van der Waals surface area contributed by atoms with E-state index in [0.29, 0.717) is 25.5 Å². The molecule has 1 aliphatic rings. The first kappa shape index (κ1) is 18.4. The summed E-state index contributed by atoms with van der Waals surface area (Å²) in [5, 5.41) is 8.83. The summed E-state index contributed by atoms with van der Waals surface area (Å²) in [6, 6.07) is 0.124. The monoisotopic (exact) mass is 336 g/mol. The zero-order valence-corrected chi connectivity index (χ0v) is 14.7. The minimum Gasteiger partial charge on any atom is -0.373 e. The maximum Gasteiger partial charge on any atom is 0.314 e. The second-order valence-corrected chi connectivity index (χ2v) is 6.21. The molecule has 0 unspecified atom stereocenters. The highest BCUT2D eigenvalue weighted by Gasteiger charge is 2.25.